The minimum Gasteiger partial charge on any atom is -0.294 e. The van der Waals surface area contributed by atoms with Crippen LogP contribution in [0.25, 0.3) is 10.4 Å². The van der Waals surface area contributed by atoms with Gasteiger partial charge in [-0.2, -0.15) is 0 Å². The molecule has 0 saturated carbocycles. The number of hydrogen-bond acceptors (Lipinski definition) is 3. The molecule has 0 bridgehead atoms. The summed E-state index contributed by atoms with van der Waals surface area (Å²) in [5, 5.41) is 8.86. The van der Waals surface area contributed by atoms with Crippen molar-refractivity contribution in [3.05, 3.63) is 46.7 Å². The van der Waals surface area contributed by atoms with Gasteiger partial charge in [-0.05, 0) is 17.2 Å². The molecule has 1 unspecified atom stereocenters. The Hall–Kier alpha value is -2.46. The van der Waals surface area contributed by atoms with Crippen molar-refractivity contribution in [3.63, 3.8) is 0 Å². The molecule has 0 amide bonds. The van der Waals surface area contributed by atoms with Crippen LogP contribution in [0.1, 0.15) is 22.8 Å². The lowest BCUT2D eigenvalue weighted by Gasteiger charge is -2.03. The molecule has 0 aromatic carbocycles. The van der Waals surface area contributed by atoms with Gasteiger partial charge in [-0.1, -0.05) is 6.92 Å². The van der Waals surface area contributed by atoms with Crippen LogP contribution in [0.15, 0.2) is 24.2 Å². The Bertz CT molecular complexity index is 571. The highest BCUT2D eigenvalue weighted by molar-refractivity contribution is 6.14. The molecule has 2 rings (SSSR count). The lowest BCUT2D eigenvalue weighted by Crippen LogP contribution is -2.03. The molecule has 0 fully saturated rings. The normalized spacial score (nSPS) is 20.9. The molecular weight excluding hydrogens is 202 g/mol. The van der Waals surface area contributed by atoms with E-state index < -0.39 is 5.92 Å². The molecule has 16 heavy (non-hydrogen) atoms. The highest BCUT2D eigenvalue weighted by Crippen LogP contribution is 2.38. The zero-order valence-corrected chi connectivity index (χ0v) is 8.56. The first-order chi connectivity index (χ1) is 7.70. The minimum absolute atomic E-state index is 0.0207. The van der Waals surface area contributed by atoms with Crippen LogP contribution in [-0.2, 0) is 0 Å². The number of nitriles is 1. The number of rotatable bonds is 0. The Morgan fingerprint density at radius 2 is 2.38 bits per heavy atom. The molecule has 76 valence electrons. The zero-order chi connectivity index (χ0) is 11.7. The van der Waals surface area contributed by atoms with Crippen molar-refractivity contribution in [2.45, 2.75) is 6.92 Å². The van der Waals surface area contributed by atoms with Gasteiger partial charge in [0, 0.05) is 23.9 Å². The maximum atomic E-state index is 11.9. The van der Waals surface area contributed by atoms with Crippen LogP contribution in [0.4, 0.5) is 0 Å². The summed E-state index contributed by atoms with van der Waals surface area (Å²) in [4.78, 5) is 19.0. The Kier molecular flexibility index (Phi) is 2.27. The number of carbonyl (C=O) groups is 1. The lowest BCUT2D eigenvalue weighted by molar-refractivity contribution is 0.0965. The predicted molar refractivity (Wildman–Crippen MR) is 56.9 cm³/mol. The van der Waals surface area contributed by atoms with Crippen LogP contribution in [0.3, 0.4) is 0 Å². The lowest BCUT2D eigenvalue weighted by atomic mass is 10.00. The third-order valence-electron chi connectivity index (χ3n) is 2.68. The summed E-state index contributed by atoms with van der Waals surface area (Å²) in [6.45, 7) is 8.64. The molecule has 1 aliphatic carbocycles. The van der Waals surface area contributed by atoms with E-state index in [2.05, 4.69) is 9.83 Å². The number of Topliss-reactive ketones (excluding diaryl/α,β-unsaturated/α-hetero) is 1. The van der Waals surface area contributed by atoms with E-state index in [-0.39, 0.29) is 11.5 Å². The zero-order valence-electron chi connectivity index (χ0n) is 8.56. The monoisotopic (exact) mass is 209 g/mol. The average Bonchev–Trinajstić information content (AvgIpc) is 2.57. The van der Waals surface area contributed by atoms with Gasteiger partial charge in [0.15, 0.2) is 5.78 Å². The fraction of sp³-hybridized carbons (Fsp3) is 0.167. The predicted octanol–water partition coefficient (Wildman–Crippen LogP) is 2.07. The van der Waals surface area contributed by atoms with Gasteiger partial charge in [0.05, 0.1) is 12.6 Å². The van der Waals surface area contributed by atoms with Gasteiger partial charge in [-0.25, -0.2) is 10.1 Å². The number of allylic oxidation sites excluding steroid dienone is 2. The number of fused-ring (bicyclic) bond motifs is 1. The molecule has 1 atom stereocenters. The maximum Gasteiger partial charge on any atom is 0.266 e. The molecule has 0 saturated heterocycles. The van der Waals surface area contributed by atoms with Crippen molar-refractivity contribution in [3.8, 4) is 6.07 Å². The fourth-order valence-electron chi connectivity index (χ4n) is 1.90. The summed E-state index contributed by atoms with van der Waals surface area (Å²) in [7, 11) is 0. The third kappa shape index (κ3) is 1.21. The van der Waals surface area contributed by atoms with Gasteiger partial charge in [0.1, 0.15) is 0 Å². The Balaban J connectivity index is 2.78. The summed E-state index contributed by atoms with van der Waals surface area (Å²) in [5.41, 5.74) is 1.65. The Morgan fingerprint density at radius 1 is 1.62 bits per heavy atom. The van der Waals surface area contributed by atoms with Crippen LogP contribution in [0.2, 0.25) is 0 Å². The average molecular weight is 209 g/mol. The number of carbonyl (C=O) groups excluding carboxylic acids is 1. The molecule has 1 aromatic rings. The van der Waals surface area contributed by atoms with E-state index in [0.29, 0.717) is 16.7 Å². The van der Waals surface area contributed by atoms with Crippen LogP contribution in [0, 0.1) is 23.8 Å². The van der Waals surface area contributed by atoms with Crippen molar-refractivity contribution in [2.24, 2.45) is 5.92 Å². The van der Waals surface area contributed by atoms with Gasteiger partial charge in [0.25, 0.3) is 5.70 Å². The third-order valence-corrected chi connectivity index (χ3v) is 2.68. The van der Waals surface area contributed by atoms with E-state index in [1.807, 2.05) is 6.07 Å². The topological polar surface area (TPSA) is 58.1 Å². The quantitative estimate of drug-likeness (QED) is 0.485. The Morgan fingerprint density at radius 3 is 3.00 bits per heavy atom. The molecular formula is C12H7N3O. The second-order valence-corrected chi connectivity index (χ2v) is 3.49. The van der Waals surface area contributed by atoms with Crippen LogP contribution in [-0.4, -0.2) is 10.8 Å². The molecule has 0 N–H and O–H groups in total. The molecule has 0 aliphatic heterocycles. The molecule has 4 heteroatoms. The number of ketones is 1. The number of hydrogen-bond donors (Lipinski definition) is 0. The standard InChI is InChI=1S/C12H7N3O/c1-7-11(10(5-13)14-2)9-6-15-4-3-8(9)12(7)16/h3-4,6-7H,1H3/b11-10+. The maximum absolute atomic E-state index is 11.9. The summed E-state index contributed by atoms with van der Waals surface area (Å²) in [6.07, 6.45) is 3.07. The van der Waals surface area contributed by atoms with Gasteiger partial charge < -0.3 is 0 Å². The Labute approximate surface area is 92.7 Å². The summed E-state index contributed by atoms with van der Waals surface area (Å²) in [5.74, 6) is -0.480. The fourth-order valence-corrected chi connectivity index (χ4v) is 1.90. The van der Waals surface area contributed by atoms with Gasteiger partial charge in [-0.15, -0.1) is 0 Å². The van der Waals surface area contributed by atoms with Crippen LogP contribution in [0.5, 0.6) is 0 Å². The van der Waals surface area contributed by atoms with Crippen molar-refractivity contribution in [1.29, 1.82) is 5.26 Å². The first-order valence-corrected chi connectivity index (χ1v) is 4.71. The minimum atomic E-state index is -0.428. The van der Waals surface area contributed by atoms with Gasteiger partial charge in [-0.3, -0.25) is 9.78 Å². The summed E-state index contributed by atoms with van der Waals surface area (Å²) in [6, 6.07) is 3.46. The van der Waals surface area contributed by atoms with Crippen molar-refractivity contribution < 1.29 is 4.79 Å². The van der Waals surface area contributed by atoms with E-state index in [4.69, 9.17) is 11.8 Å². The second-order valence-electron chi connectivity index (χ2n) is 3.49. The van der Waals surface area contributed by atoms with E-state index in [0.717, 1.165) is 0 Å². The van der Waals surface area contributed by atoms with Crippen LogP contribution < -0.4 is 0 Å². The number of pyridine rings is 1. The van der Waals surface area contributed by atoms with E-state index >= 15 is 0 Å². The number of aromatic nitrogens is 1. The molecule has 0 radical (unpaired) electrons. The molecule has 1 aromatic heterocycles. The van der Waals surface area contributed by atoms with E-state index in [1.54, 1.807) is 13.0 Å². The van der Waals surface area contributed by atoms with Gasteiger partial charge in [0.2, 0.25) is 0 Å². The van der Waals surface area contributed by atoms with E-state index in [1.165, 1.54) is 12.4 Å². The summed E-state index contributed by atoms with van der Waals surface area (Å²) < 4.78 is 0. The summed E-state index contributed by atoms with van der Waals surface area (Å²) >= 11 is 0. The number of nitrogens with zero attached hydrogens (tertiary/aromatic N) is 3. The first kappa shape index (κ1) is 10.1. The molecule has 1 heterocycles. The molecule has 1 aliphatic rings. The van der Waals surface area contributed by atoms with E-state index in [9.17, 15) is 4.79 Å². The van der Waals surface area contributed by atoms with Crippen molar-refractivity contribution in [1.82, 2.24) is 4.98 Å². The molecule has 4 nitrogen and oxygen atoms in total. The first-order valence-electron chi connectivity index (χ1n) is 4.71. The van der Waals surface area contributed by atoms with Gasteiger partial charge >= 0.3 is 0 Å². The smallest absolute Gasteiger partial charge is 0.266 e. The SMILES string of the molecule is [C-]#[N+]/C(C#N)=C1/c2cnccc2C(=O)C1C. The largest absolute Gasteiger partial charge is 0.294 e. The second kappa shape index (κ2) is 3.60. The molecule has 0 spiro atoms. The highest BCUT2D eigenvalue weighted by Gasteiger charge is 2.33. The van der Waals surface area contributed by atoms with Crippen molar-refractivity contribution in [2.75, 3.05) is 0 Å². The van der Waals surface area contributed by atoms with Crippen molar-refractivity contribution >= 4 is 11.4 Å². The van der Waals surface area contributed by atoms with Crippen LogP contribution >= 0.6 is 0 Å². The highest BCUT2D eigenvalue weighted by atomic mass is 16.1.